The van der Waals surface area contributed by atoms with Crippen LogP contribution >= 0.6 is 11.8 Å². The van der Waals surface area contributed by atoms with Crippen LogP contribution in [0.1, 0.15) is 5.56 Å². The van der Waals surface area contributed by atoms with Gasteiger partial charge in [0, 0.05) is 5.75 Å². The highest BCUT2D eigenvalue weighted by Gasteiger charge is 2.08. The third kappa shape index (κ3) is 3.46. The lowest BCUT2D eigenvalue weighted by Gasteiger charge is -2.05. The van der Waals surface area contributed by atoms with Crippen LogP contribution in [0.2, 0.25) is 0 Å². The summed E-state index contributed by atoms with van der Waals surface area (Å²) in [6.45, 7) is 0. The molecule has 1 aromatic heterocycles. The summed E-state index contributed by atoms with van der Waals surface area (Å²) in [4.78, 5) is 0. The summed E-state index contributed by atoms with van der Waals surface area (Å²) in [6.07, 6.45) is 0.955. The van der Waals surface area contributed by atoms with Crippen molar-refractivity contribution in [2.24, 2.45) is 0 Å². The van der Waals surface area contributed by atoms with Crippen molar-refractivity contribution in [1.82, 2.24) is 20.2 Å². The number of rotatable bonds is 6. The van der Waals surface area contributed by atoms with E-state index in [2.05, 4.69) is 27.7 Å². The maximum atomic E-state index is 5.16. The van der Waals surface area contributed by atoms with Crippen LogP contribution in [0, 0.1) is 0 Å². The molecular formula is C16H16N4OS. The van der Waals surface area contributed by atoms with Gasteiger partial charge in [-0.2, -0.15) is 4.68 Å². The molecule has 2 aromatic carbocycles. The predicted molar refractivity (Wildman–Crippen MR) is 86.6 cm³/mol. The molecule has 0 atom stereocenters. The van der Waals surface area contributed by atoms with Gasteiger partial charge in [0.15, 0.2) is 0 Å². The number of aryl methyl sites for hydroxylation is 1. The first-order chi connectivity index (χ1) is 10.9. The van der Waals surface area contributed by atoms with Crippen LogP contribution in [0.3, 0.4) is 0 Å². The highest BCUT2D eigenvalue weighted by atomic mass is 32.2. The lowest BCUT2D eigenvalue weighted by atomic mass is 10.2. The highest BCUT2D eigenvalue weighted by molar-refractivity contribution is 7.99. The smallest absolute Gasteiger partial charge is 0.214 e. The molecule has 112 valence electrons. The van der Waals surface area contributed by atoms with Gasteiger partial charge in [-0.25, -0.2) is 0 Å². The van der Waals surface area contributed by atoms with Gasteiger partial charge in [0.1, 0.15) is 5.75 Å². The number of nitrogens with zero attached hydrogens (tertiary/aromatic N) is 4. The Morgan fingerprint density at radius 2 is 1.82 bits per heavy atom. The van der Waals surface area contributed by atoms with Crippen molar-refractivity contribution in [1.29, 1.82) is 0 Å². The molecule has 0 amide bonds. The zero-order valence-corrected chi connectivity index (χ0v) is 13.0. The van der Waals surface area contributed by atoms with Gasteiger partial charge in [-0.1, -0.05) is 42.1 Å². The molecule has 0 aliphatic rings. The van der Waals surface area contributed by atoms with Crippen LogP contribution in [-0.2, 0) is 6.42 Å². The number of tetrazole rings is 1. The van der Waals surface area contributed by atoms with E-state index in [1.165, 1.54) is 5.56 Å². The molecular weight excluding hydrogens is 296 g/mol. The van der Waals surface area contributed by atoms with Gasteiger partial charge < -0.3 is 4.74 Å². The third-order valence-electron chi connectivity index (χ3n) is 3.22. The molecule has 0 aliphatic carbocycles. The molecule has 3 aromatic rings. The molecule has 0 bridgehead atoms. The van der Waals surface area contributed by atoms with E-state index in [4.69, 9.17) is 4.74 Å². The fourth-order valence-corrected chi connectivity index (χ4v) is 2.93. The van der Waals surface area contributed by atoms with Crippen molar-refractivity contribution in [3.05, 3.63) is 60.2 Å². The lowest BCUT2D eigenvalue weighted by Crippen LogP contribution is -1.99. The largest absolute Gasteiger partial charge is 0.497 e. The topological polar surface area (TPSA) is 52.8 Å². The van der Waals surface area contributed by atoms with E-state index in [1.54, 1.807) is 23.6 Å². The number of hydrogen-bond donors (Lipinski definition) is 0. The highest BCUT2D eigenvalue weighted by Crippen LogP contribution is 2.20. The van der Waals surface area contributed by atoms with Crippen molar-refractivity contribution in [3.63, 3.8) is 0 Å². The first kappa shape index (κ1) is 14.6. The van der Waals surface area contributed by atoms with Gasteiger partial charge in [0.25, 0.3) is 0 Å². The molecule has 0 spiro atoms. The molecule has 0 radical (unpaired) electrons. The van der Waals surface area contributed by atoms with E-state index < -0.39 is 0 Å². The van der Waals surface area contributed by atoms with Gasteiger partial charge in [0.05, 0.1) is 12.8 Å². The Morgan fingerprint density at radius 3 is 2.55 bits per heavy atom. The number of aromatic nitrogens is 4. The van der Waals surface area contributed by atoms with Gasteiger partial charge >= 0.3 is 0 Å². The molecule has 0 fully saturated rings. The maximum Gasteiger partial charge on any atom is 0.214 e. The average Bonchev–Trinajstić information content (AvgIpc) is 3.05. The van der Waals surface area contributed by atoms with Crippen LogP contribution in [0.15, 0.2) is 59.8 Å². The summed E-state index contributed by atoms with van der Waals surface area (Å²) in [6, 6.07) is 18.0. The molecule has 0 N–H and O–H groups in total. The second-order valence-electron chi connectivity index (χ2n) is 4.66. The molecule has 0 unspecified atom stereocenters. The standard InChI is InChI=1S/C16H16N4OS/c1-21-15-9-7-13(8-10-15)11-12-22-16-17-18-19-20(16)14-5-3-2-4-6-14/h2-10H,11-12H2,1H3. The van der Waals surface area contributed by atoms with Crippen molar-refractivity contribution >= 4 is 11.8 Å². The Bertz CT molecular complexity index is 713. The summed E-state index contributed by atoms with van der Waals surface area (Å²) in [7, 11) is 1.67. The average molecular weight is 312 g/mol. The van der Waals surface area contributed by atoms with Crippen molar-refractivity contribution in [3.8, 4) is 11.4 Å². The molecule has 0 aliphatic heterocycles. The fraction of sp³-hybridized carbons (Fsp3) is 0.188. The van der Waals surface area contributed by atoms with Gasteiger partial charge in [-0.3, -0.25) is 0 Å². The summed E-state index contributed by atoms with van der Waals surface area (Å²) in [5, 5.41) is 12.7. The van der Waals surface area contributed by atoms with Gasteiger partial charge in [-0.05, 0) is 46.7 Å². The Balaban J connectivity index is 1.61. The number of ether oxygens (including phenoxy) is 1. The molecule has 22 heavy (non-hydrogen) atoms. The quantitative estimate of drug-likeness (QED) is 0.655. The Labute approximate surface area is 133 Å². The number of benzene rings is 2. The second kappa shape index (κ2) is 7.09. The van der Waals surface area contributed by atoms with Gasteiger partial charge in [-0.15, -0.1) is 5.10 Å². The zero-order chi connectivity index (χ0) is 15.2. The lowest BCUT2D eigenvalue weighted by molar-refractivity contribution is 0.414. The third-order valence-corrected chi connectivity index (χ3v) is 4.14. The Morgan fingerprint density at radius 1 is 1.05 bits per heavy atom. The van der Waals surface area contributed by atoms with Crippen molar-refractivity contribution in [2.45, 2.75) is 11.6 Å². The minimum absolute atomic E-state index is 0.805. The Hall–Kier alpha value is -2.34. The summed E-state index contributed by atoms with van der Waals surface area (Å²) >= 11 is 1.65. The summed E-state index contributed by atoms with van der Waals surface area (Å²) < 4.78 is 6.92. The van der Waals surface area contributed by atoms with E-state index in [9.17, 15) is 0 Å². The molecule has 5 nitrogen and oxygen atoms in total. The summed E-state index contributed by atoms with van der Waals surface area (Å²) in [5.74, 6) is 1.80. The van der Waals surface area contributed by atoms with E-state index in [0.717, 1.165) is 28.8 Å². The van der Waals surface area contributed by atoms with Crippen molar-refractivity contribution in [2.75, 3.05) is 12.9 Å². The van der Waals surface area contributed by atoms with Crippen LogP contribution in [0.4, 0.5) is 0 Å². The minimum Gasteiger partial charge on any atom is -0.497 e. The zero-order valence-electron chi connectivity index (χ0n) is 12.2. The minimum atomic E-state index is 0.805. The maximum absolute atomic E-state index is 5.16. The van der Waals surface area contributed by atoms with Gasteiger partial charge in [0.2, 0.25) is 5.16 Å². The van der Waals surface area contributed by atoms with E-state index in [0.29, 0.717) is 0 Å². The summed E-state index contributed by atoms with van der Waals surface area (Å²) in [5.41, 5.74) is 2.24. The van der Waals surface area contributed by atoms with E-state index in [1.807, 2.05) is 42.5 Å². The molecule has 1 heterocycles. The molecule has 0 saturated carbocycles. The number of hydrogen-bond acceptors (Lipinski definition) is 5. The van der Waals surface area contributed by atoms with E-state index in [-0.39, 0.29) is 0 Å². The Kier molecular flexibility index (Phi) is 4.70. The second-order valence-corrected chi connectivity index (χ2v) is 5.72. The van der Waals surface area contributed by atoms with Crippen LogP contribution in [0.5, 0.6) is 5.75 Å². The fourth-order valence-electron chi connectivity index (χ4n) is 2.05. The SMILES string of the molecule is COc1ccc(CCSc2nnnn2-c2ccccc2)cc1. The van der Waals surface area contributed by atoms with Crippen molar-refractivity contribution < 1.29 is 4.74 Å². The molecule has 0 saturated heterocycles. The first-order valence-corrected chi connectivity index (χ1v) is 7.95. The predicted octanol–water partition coefficient (Wildman–Crippen LogP) is 3.01. The number of methoxy groups -OCH3 is 1. The molecule has 6 heteroatoms. The molecule has 3 rings (SSSR count). The van der Waals surface area contributed by atoms with Crippen LogP contribution < -0.4 is 4.74 Å². The number of thioether (sulfide) groups is 1. The van der Waals surface area contributed by atoms with E-state index >= 15 is 0 Å². The normalized spacial score (nSPS) is 10.6. The monoisotopic (exact) mass is 312 g/mol. The number of para-hydroxylation sites is 1. The van der Waals surface area contributed by atoms with Crippen LogP contribution in [0.25, 0.3) is 5.69 Å². The van der Waals surface area contributed by atoms with Crippen LogP contribution in [-0.4, -0.2) is 33.1 Å². The first-order valence-electron chi connectivity index (χ1n) is 6.96.